The van der Waals surface area contributed by atoms with E-state index in [1.807, 2.05) is 13.1 Å². The first-order valence-electron chi connectivity index (χ1n) is 6.20. The first-order valence-corrected chi connectivity index (χ1v) is 6.20. The molecule has 0 aliphatic carbocycles. The van der Waals surface area contributed by atoms with Crippen molar-refractivity contribution in [2.45, 2.75) is 32.6 Å². The third-order valence-corrected chi connectivity index (χ3v) is 2.39. The van der Waals surface area contributed by atoms with Gasteiger partial charge in [0.15, 0.2) is 0 Å². The van der Waals surface area contributed by atoms with Gasteiger partial charge >= 0.3 is 0 Å². The summed E-state index contributed by atoms with van der Waals surface area (Å²) in [6.45, 7) is 3.18. The zero-order valence-electron chi connectivity index (χ0n) is 10.7. The maximum Gasteiger partial charge on any atom is 0.133 e. The molecule has 1 heterocycles. The summed E-state index contributed by atoms with van der Waals surface area (Å²) in [5.41, 5.74) is 0. The molecule has 0 aromatic carbocycles. The molecule has 0 aliphatic rings. The second-order valence-electron chi connectivity index (χ2n) is 3.91. The lowest BCUT2D eigenvalue weighted by atomic mass is 10.3. The van der Waals surface area contributed by atoms with Crippen molar-refractivity contribution in [1.82, 2.24) is 9.97 Å². The minimum Gasteiger partial charge on any atom is -0.396 e. The Balaban J connectivity index is 2.59. The van der Waals surface area contributed by atoms with E-state index in [9.17, 15) is 0 Å². The van der Waals surface area contributed by atoms with Crippen LogP contribution >= 0.6 is 0 Å². The maximum absolute atomic E-state index is 8.70. The van der Waals surface area contributed by atoms with Gasteiger partial charge in [0.2, 0.25) is 0 Å². The van der Waals surface area contributed by atoms with Crippen molar-refractivity contribution in [2.24, 2.45) is 0 Å². The summed E-state index contributed by atoms with van der Waals surface area (Å²) in [6.07, 6.45) is 3.69. The van der Waals surface area contributed by atoms with E-state index >= 15 is 0 Å². The molecule has 5 nitrogen and oxygen atoms in total. The third-order valence-electron chi connectivity index (χ3n) is 2.39. The molecule has 5 heteroatoms. The molecule has 0 bridgehead atoms. The van der Waals surface area contributed by atoms with Gasteiger partial charge in [-0.15, -0.1) is 0 Å². The molecule has 1 rings (SSSR count). The van der Waals surface area contributed by atoms with Crippen LogP contribution in [-0.4, -0.2) is 35.3 Å². The first-order chi connectivity index (χ1) is 8.30. The summed E-state index contributed by atoms with van der Waals surface area (Å²) in [7, 11) is 1.85. The van der Waals surface area contributed by atoms with Crippen LogP contribution in [-0.2, 0) is 6.42 Å². The van der Waals surface area contributed by atoms with Gasteiger partial charge in [0.05, 0.1) is 0 Å². The van der Waals surface area contributed by atoms with Gasteiger partial charge in [-0.05, 0) is 19.3 Å². The van der Waals surface area contributed by atoms with Crippen molar-refractivity contribution in [3.63, 3.8) is 0 Å². The highest BCUT2D eigenvalue weighted by Gasteiger charge is 2.02. The highest BCUT2D eigenvalue weighted by Crippen LogP contribution is 2.12. The second kappa shape index (κ2) is 7.84. The normalized spacial score (nSPS) is 10.3. The minimum atomic E-state index is 0.244. The van der Waals surface area contributed by atoms with Gasteiger partial charge in [-0.3, -0.25) is 0 Å². The van der Waals surface area contributed by atoms with Crippen LogP contribution in [0.4, 0.5) is 11.6 Å². The van der Waals surface area contributed by atoms with E-state index < -0.39 is 0 Å². The molecule has 0 amide bonds. The number of rotatable bonds is 8. The number of nitrogens with one attached hydrogen (secondary N) is 2. The largest absolute Gasteiger partial charge is 0.396 e. The Bertz CT molecular complexity index is 330. The van der Waals surface area contributed by atoms with E-state index in [0.717, 1.165) is 49.7 Å². The Hall–Kier alpha value is -1.36. The predicted molar refractivity (Wildman–Crippen MR) is 70.4 cm³/mol. The molecule has 0 atom stereocenters. The number of aliphatic hydroxyl groups excluding tert-OH is 1. The van der Waals surface area contributed by atoms with Crippen molar-refractivity contribution >= 4 is 11.6 Å². The standard InChI is InChI=1S/C12H22N4O/c1-3-6-10-15-11(13-2)9-12(16-10)14-7-4-5-8-17/h9,17H,3-8H2,1-2H3,(H2,13,14,15,16). The van der Waals surface area contributed by atoms with Gasteiger partial charge in [0, 0.05) is 32.7 Å². The topological polar surface area (TPSA) is 70.1 Å². The smallest absolute Gasteiger partial charge is 0.133 e. The molecule has 0 spiro atoms. The fraction of sp³-hybridized carbons (Fsp3) is 0.667. The molecule has 0 unspecified atom stereocenters. The average Bonchev–Trinajstić information content (AvgIpc) is 2.35. The monoisotopic (exact) mass is 238 g/mol. The molecular weight excluding hydrogens is 216 g/mol. The Kier molecular flexibility index (Phi) is 6.32. The van der Waals surface area contributed by atoms with E-state index in [1.54, 1.807) is 0 Å². The molecule has 0 radical (unpaired) electrons. The summed E-state index contributed by atoms with van der Waals surface area (Å²) < 4.78 is 0. The molecule has 96 valence electrons. The number of aliphatic hydroxyl groups is 1. The Labute approximate surface area is 103 Å². The number of anilines is 2. The number of aromatic nitrogens is 2. The molecule has 1 aromatic rings. The number of hydrogen-bond acceptors (Lipinski definition) is 5. The number of aryl methyl sites for hydroxylation is 1. The summed E-state index contributed by atoms with van der Waals surface area (Å²) in [5, 5.41) is 15.0. The molecule has 0 saturated heterocycles. The lowest BCUT2D eigenvalue weighted by Gasteiger charge is -2.09. The van der Waals surface area contributed by atoms with Crippen LogP contribution in [0.15, 0.2) is 6.07 Å². The highest BCUT2D eigenvalue weighted by molar-refractivity contribution is 5.47. The van der Waals surface area contributed by atoms with Crippen LogP contribution in [0.25, 0.3) is 0 Å². The third kappa shape index (κ3) is 4.99. The minimum absolute atomic E-state index is 0.244. The predicted octanol–water partition coefficient (Wildman–Crippen LogP) is 1.66. The van der Waals surface area contributed by atoms with Crippen molar-refractivity contribution in [3.05, 3.63) is 11.9 Å². The highest BCUT2D eigenvalue weighted by atomic mass is 16.2. The molecule has 17 heavy (non-hydrogen) atoms. The van der Waals surface area contributed by atoms with Gasteiger partial charge in [-0.25, -0.2) is 9.97 Å². The van der Waals surface area contributed by atoms with Crippen molar-refractivity contribution in [3.8, 4) is 0 Å². The molecule has 0 aliphatic heterocycles. The molecular formula is C12H22N4O. The van der Waals surface area contributed by atoms with E-state index in [2.05, 4.69) is 27.5 Å². The maximum atomic E-state index is 8.70. The van der Waals surface area contributed by atoms with Crippen LogP contribution < -0.4 is 10.6 Å². The fourth-order valence-electron chi connectivity index (χ4n) is 1.50. The van der Waals surface area contributed by atoms with Crippen LogP contribution in [0.5, 0.6) is 0 Å². The van der Waals surface area contributed by atoms with Gasteiger partial charge in [-0.1, -0.05) is 6.92 Å². The Morgan fingerprint density at radius 1 is 1.24 bits per heavy atom. The number of hydrogen-bond donors (Lipinski definition) is 3. The lowest BCUT2D eigenvalue weighted by molar-refractivity contribution is 0.286. The fourth-order valence-corrected chi connectivity index (χ4v) is 1.50. The summed E-state index contributed by atoms with van der Waals surface area (Å²) in [6, 6.07) is 1.90. The van der Waals surface area contributed by atoms with Crippen molar-refractivity contribution in [2.75, 3.05) is 30.8 Å². The van der Waals surface area contributed by atoms with Gasteiger partial charge < -0.3 is 15.7 Å². The zero-order valence-corrected chi connectivity index (χ0v) is 10.7. The van der Waals surface area contributed by atoms with E-state index in [1.165, 1.54) is 0 Å². The Morgan fingerprint density at radius 2 is 2.00 bits per heavy atom. The molecule has 3 N–H and O–H groups in total. The second-order valence-corrected chi connectivity index (χ2v) is 3.91. The van der Waals surface area contributed by atoms with Gasteiger partial charge in [0.25, 0.3) is 0 Å². The summed E-state index contributed by atoms with van der Waals surface area (Å²) >= 11 is 0. The Morgan fingerprint density at radius 3 is 2.65 bits per heavy atom. The summed E-state index contributed by atoms with van der Waals surface area (Å²) in [4.78, 5) is 8.83. The molecule has 0 fully saturated rings. The molecule has 1 aromatic heterocycles. The van der Waals surface area contributed by atoms with Crippen LogP contribution in [0, 0.1) is 0 Å². The molecule has 0 saturated carbocycles. The van der Waals surface area contributed by atoms with E-state index in [4.69, 9.17) is 5.11 Å². The van der Waals surface area contributed by atoms with Crippen molar-refractivity contribution in [1.29, 1.82) is 0 Å². The average molecular weight is 238 g/mol. The zero-order chi connectivity index (χ0) is 12.5. The van der Waals surface area contributed by atoms with Crippen LogP contribution in [0.2, 0.25) is 0 Å². The van der Waals surface area contributed by atoms with E-state index in [-0.39, 0.29) is 6.61 Å². The number of unbranched alkanes of at least 4 members (excludes halogenated alkanes) is 1. The SMILES string of the molecule is CCCc1nc(NC)cc(NCCCCO)n1. The summed E-state index contributed by atoms with van der Waals surface area (Å²) in [5.74, 6) is 2.56. The first kappa shape index (κ1) is 13.7. The lowest BCUT2D eigenvalue weighted by Crippen LogP contribution is -2.08. The van der Waals surface area contributed by atoms with E-state index in [0.29, 0.717) is 0 Å². The van der Waals surface area contributed by atoms with Crippen LogP contribution in [0.3, 0.4) is 0 Å². The van der Waals surface area contributed by atoms with Crippen LogP contribution in [0.1, 0.15) is 32.0 Å². The van der Waals surface area contributed by atoms with Gasteiger partial charge in [-0.2, -0.15) is 0 Å². The van der Waals surface area contributed by atoms with Gasteiger partial charge in [0.1, 0.15) is 17.5 Å². The number of nitrogens with zero attached hydrogens (tertiary/aromatic N) is 2. The quantitative estimate of drug-likeness (QED) is 0.601. The van der Waals surface area contributed by atoms with Crippen molar-refractivity contribution < 1.29 is 5.11 Å².